The number of amides is 1. The van der Waals surface area contributed by atoms with Gasteiger partial charge in [-0.05, 0) is 57.0 Å². The highest BCUT2D eigenvalue weighted by molar-refractivity contribution is 5.94. The van der Waals surface area contributed by atoms with E-state index in [2.05, 4.69) is 0 Å². The SMILES string of the molecule is CC(C)Oc1ccc(C(=O)N(Cc2ccccc2F)CC2CCCO2)cc1. The molecule has 1 atom stereocenters. The van der Waals surface area contributed by atoms with Crippen LogP contribution in [0.5, 0.6) is 5.75 Å². The molecule has 1 amide bonds. The highest BCUT2D eigenvalue weighted by atomic mass is 19.1. The largest absolute Gasteiger partial charge is 0.491 e. The van der Waals surface area contributed by atoms with Crippen molar-refractivity contribution in [1.82, 2.24) is 4.90 Å². The lowest BCUT2D eigenvalue weighted by Crippen LogP contribution is -2.37. The molecule has 4 nitrogen and oxygen atoms in total. The summed E-state index contributed by atoms with van der Waals surface area (Å²) in [7, 11) is 0. The summed E-state index contributed by atoms with van der Waals surface area (Å²) < 4.78 is 25.4. The van der Waals surface area contributed by atoms with E-state index in [0.29, 0.717) is 24.3 Å². The molecule has 0 radical (unpaired) electrons. The predicted octanol–water partition coefficient (Wildman–Crippen LogP) is 4.43. The topological polar surface area (TPSA) is 38.8 Å². The van der Waals surface area contributed by atoms with Crippen LogP contribution in [0, 0.1) is 5.82 Å². The molecular weight excluding hydrogens is 345 g/mol. The van der Waals surface area contributed by atoms with E-state index >= 15 is 0 Å². The van der Waals surface area contributed by atoms with E-state index in [-0.39, 0.29) is 30.5 Å². The first-order valence-corrected chi connectivity index (χ1v) is 9.44. The third kappa shape index (κ3) is 5.30. The van der Waals surface area contributed by atoms with Gasteiger partial charge in [-0.2, -0.15) is 0 Å². The Labute approximate surface area is 159 Å². The van der Waals surface area contributed by atoms with Crippen LogP contribution in [0.2, 0.25) is 0 Å². The van der Waals surface area contributed by atoms with Crippen molar-refractivity contribution in [3.63, 3.8) is 0 Å². The summed E-state index contributed by atoms with van der Waals surface area (Å²) in [5.41, 5.74) is 1.06. The fraction of sp³-hybridized carbons (Fsp3) is 0.409. The smallest absolute Gasteiger partial charge is 0.254 e. The van der Waals surface area contributed by atoms with Gasteiger partial charge in [0.05, 0.1) is 12.2 Å². The Kier molecular flexibility index (Phi) is 6.45. The molecule has 2 aromatic rings. The summed E-state index contributed by atoms with van der Waals surface area (Å²) in [6.45, 7) is 5.30. The zero-order valence-electron chi connectivity index (χ0n) is 15.9. The van der Waals surface area contributed by atoms with E-state index in [4.69, 9.17) is 9.47 Å². The van der Waals surface area contributed by atoms with Crippen LogP contribution in [0.3, 0.4) is 0 Å². The third-order valence-corrected chi connectivity index (χ3v) is 4.53. The molecule has 0 saturated carbocycles. The second-order valence-corrected chi connectivity index (χ2v) is 7.10. The highest BCUT2D eigenvalue weighted by Crippen LogP contribution is 2.20. The normalized spacial score (nSPS) is 16.5. The number of ether oxygens (including phenoxy) is 2. The predicted molar refractivity (Wildman–Crippen MR) is 102 cm³/mol. The van der Waals surface area contributed by atoms with E-state index in [0.717, 1.165) is 18.6 Å². The minimum absolute atomic E-state index is 0.00395. The Morgan fingerprint density at radius 2 is 1.96 bits per heavy atom. The molecule has 1 aliphatic rings. The molecular formula is C22H26FNO3. The van der Waals surface area contributed by atoms with Crippen molar-refractivity contribution in [1.29, 1.82) is 0 Å². The zero-order chi connectivity index (χ0) is 19.2. The Hall–Kier alpha value is -2.40. The molecule has 3 rings (SSSR count). The number of rotatable bonds is 7. The number of nitrogens with zero attached hydrogens (tertiary/aromatic N) is 1. The number of carbonyl (C=O) groups excluding carboxylic acids is 1. The molecule has 0 N–H and O–H groups in total. The summed E-state index contributed by atoms with van der Waals surface area (Å²) >= 11 is 0. The number of halogens is 1. The maximum Gasteiger partial charge on any atom is 0.254 e. The molecule has 1 aliphatic heterocycles. The van der Waals surface area contributed by atoms with Crippen molar-refractivity contribution in [2.24, 2.45) is 0 Å². The zero-order valence-corrected chi connectivity index (χ0v) is 15.9. The molecule has 1 fully saturated rings. The fourth-order valence-corrected chi connectivity index (χ4v) is 3.22. The minimum atomic E-state index is -0.302. The Balaban J connectivity index is 1.78. The van der Waals surface area contributed by atoms with Gasteiger partial charge in [-0.3, -0.25) is 4.79 Å². The lowest BCUT2D eigenvalue weighted by atomic mass is 10.1. The van der Waals surface area contributed by atoms with Gasteiger partial charge in [-0.15, -0.1) is 0 Å². The molecule has 27 heavy (non-hydrogen) atoms. The van der Waals surface area contributed by atoms with Gasteiger partial charge < -0.3 is 14.4 Å². The Bertz CT molecular complexity index is 754. The van der Waals surface area contributed by atoms with Crippen LogP contribution >= 0.6 is 0 Å². The van der Waals surface area contributed by atoms with Crippen LogP contribution in [0.4, 0.5) is 4.39 Å². The van der Waals surface area contributed by atoms with Crippen molar-refractivity contribution in [2.75, 3.05) is 13.2 Å². The van der Waals surface area contributed by atoms with E-state index in [9.17, 15) is 9.18 Å². The van der Waals surface area contributed by atoms with E-state index in [1.807, 2.05) is 13.8 Å². The molecule has 0 aliphatic carbocycles. The molecule has 1 heterocycles. The second-order valence-electron chi connectivity index (χ2n) is 7.10. The molecule has 0 spiro atoms. The third-order valence-electron chi connectivity index (χ3n) is 4.53. The van der Waals surface area contributed by atoms with Crippen LogP contribution in [-0.2, 0) is 11.3 Å². The van der Waals surface area contributed by atoms with E-state index < -0.39 is 0 Å². The van der Waals surface area contributed by atoms with Crippen LogP contribution < -0.4 is 4.74 Å². The van der Waals surface area contributed by atoms with Crippen molar-refractivity contribution in [3.05, 3.63) is 65.5 Å². The highest BCUT2D eigenvalue weighted by Gasteiger charge is 2.24. The first-order valence-electron chi connectivity index (χ1n) is 9.44. The lowest BCUT2D eigenvalue weighted by molar-refractivity contribution is 0.0505. The van der Waals surface area contributed by atoms with Gasteiger partial charge in [0.15, 0.2) is 0 Å². The fourth-order valence-electron chi connectivity index (χ4n) is 3.22. The lowest BCUT2D eigenvalue weighted by Gasteiger charge is -2.26. The quantitative estimate of drug-likeness (QED) is 0.722. The molecule has 0 aromatic heterocycles. The van der Waals surface area contributed by atoms with Gasteiger partial charge in [-0.25, -0.2) is 4.39 Å². The molecule has 1 saturated heterocycles. The Morgan fingerprint density at radius 1 is 1.22 bits per heavy atom. The van der Waals surface area contributed by atoms with Crippen LogP contribution in [0.15, 0.2) is 48.5 Å². The van der Waals surface area contributed by atoms with Crippen LogP contribution in [-0.4, -0.2) is 36.2 Å². The molecule has 5 heteroatoms. The van der Waals surface area contributed by atoms with Gasteiger partial charge >= 0.3 is 0 Å². The molecule has 1 unspecified atom stereocenters. The van der Waals surface area contributed by atoms with Crippen molar-refractivity contribution >= 4 is 5.91 Å². The first-order chi connectivity index (χ1) is 13.0. The van der Waals surface area contributed by atoms with Gasteiger partial charge in [0.1, 0.15) is 11.6 Å². The number of benzene rings is 2. The molecule has 0 bridgehead atoms. The van der Waals surface area contributed by atoms with E-state index in [1.54, 1.807) is 47.4 Å². The van der Waals surface area contributed by atoms with Gasteiger partial charge in [0.25, 0.3) is 5.91 Å². The van der Waals surface area contributed by atoms with E-state index in [1.165, 1.54) is 6.07 Å². The van der Waals surface area contributed by atoms with Gasteiger partial charge in [-0.1, -0.05) is 18.2 Å². The maximum absolute atomic E-state index is 14.1. The van der Waals surface area contributed by atoms with Gasteiger partial charge in [0.2, 0.25) is 0 Å². The summed E-state index contributed by atoms with van der Waals surface area (Å²) in [4.78, 5) is 14.8. The Morgan fingerprint density at radius 3 is 2.59 bits per heavy atom. The first kappa shape index (κ1) is 19.4. The average molecular weight is 371 g/mol. The monoisotopic (exact) mass is 371 g/mol. The summed E-state index contributed by atoms with van der Waals surface area (Å²) in [5, 5.41) is 0. The maximum atomic E-state index is 14.1. The summed E-state index contributed by atoms with van der Waals surface area (Å²) in [5.74, 6) is 0.287. The molecule has 144 valence electrons. The molecule has 2 aromatic carbocycles. The van der Waals surface area contributed by atoms with Gasteiger partial charge in [0, 0.05) is 30.8 Å². The van der Waals surface area contributed by atoms with Crippen molar-refractivity contribution < 1.29 is 18.7 Å². The average Bonchev–Trinajstić information content (AvgIpc) is 3.16. The number of carbonyl (C=O) groups is 1. The van der Waals surface area contributed by atoms with Crippen molar-refractivity contribution in [3.8, 4) is 5.75 Å². The standard InChI is InChI=1S/C22H26FNO3/c1-16(2)27-19-11-9-17(10-12-19)22(25)24(15-20-7-5-13-26-20)14-18-6-3-4-8-21(18)23/h3-4,6,8-12,16,20H,5,7,13-15H2,1-2H3. The minimum Gasteiger partial charge on any atom is -0.491 e. The summed E-state index contributed by atoms with van der Waals surface area (Å²) in [6, 6.07) is 13.7. The van der Waals surface area contributed by atoms with Crippen LogP contribution in [0.1, 0.15) is 42.6 Å². The van der Waals surface area contributed by atoms with Crippen LogP contribution in [0.25, 0.3) is 0 Å². The second kappa shape index (κ2) is 9.00. The summed E-state index contributed by atoms with van der Waals surface area (Å²) in [6.07, 6.45) is 1.99. The number of hydrogen-bond acceptors (Lipinski definition) is 3. The van der Waals surface area contributed by atoms with Crippen molar-refractivity contribution in [2.45, 2.75) is 45.4 Å². The number of hydrogen-bond donors (Lipinski definition) is 0.